The molecule has 4 nitrogen and oxygen atoms in total. The van der Waals surface area contributed by atoms with E-state index in [1.807, 2.05) is 31.2 Å². The zero-order valence-corrected chi connectivity index (χ0v) is 12.2. The van der Waals surface area contributed by atoms with E-state index in [4.69, 9.17) is 0 Å². The number of nitrogens with zero attached hydrogens (tertiary/aromatic N) is 1. The van der Waals surface area contributed by atoms with Crippen molar-refractivity contribution < 1.29 is 8.42 Å². The lowest BCUT2D eigenvalue weighted by molar-refractivity contribution is 0.594. The summed E-state index contributed by atoms with van der Waals surface area (Å²) in [5, 5.41) is 3.13. The maximum atomic E-state index is 12.1. The van der Waals surface area contributed by atoms with E-state index in [2.05, 4.69) is 10.3 Å². The van der Waals surface area contributed by atoms with Crippen LogP contribution in [0.4, 0.5) is 5.82 Å². The van der Waals surface area contributed by atoms with Crippen molar-refractivity contribution in [3.63, 3.8) is 0 Å². The minimum absolute atomic E-state index is 0.135. The van der Waals surface area contributed by atoms with Crippen molar-refractivity contribution >= 4 is 15.7 Å². The topological polar surface area (TPSA) is 59.1 Å². The predicted octanol–water partition coefficient (Wildman–Crippen LogP) is 2.67. The second kappa shape index (κ2) is 6.52. The molecule has 0 spiro atoms. The number of aromatic nitrogens is 1. The van der Waals surface area contributed by atoms with Crippen molar-refractivity contribution in [3.05, 3.63) is 54.2 Å². The van der Waals surface area contributed by atoms with Gasteiger partial charge in [0.05, 0.1) is 10.6 Å². The van der Waals surface area contributed by atoms with E-state index in [0.29, 0.717) is 17.9 Å². The molecule has 1 heterocycles. The van der Waals surface area contributed by atoms with Crippen LogP contribution >= 0.6 is 0 Å². The van der Waals surface area contributed by atoms with Crippen LogP contribution in [0.1, 0.15) is 12.1 Å². The molecular formula is C15H18N2O2S. The van der Waals surface area contributed by atoms with Crippen molar-refractivity contribution in [2.24, 2.45) is 0 Å². The normalized spacial score (nSPS) is 11.2. The minimum atomic E-state index is -3.18. The van der Waals surface area contributed by atoms with E-state index >= 15 is 0 Å². The van der Waals surface area contributed by atoms with Crippen LogP contribution in [0.3, 0.4) is 0 Å². The highest BCUT2D eigenvalue weighted by molar-refractivity contribution is 7.91. The average Bonchev–Trinajstić information content (AvgIpc) is 2.45. The molecule has 0 radical (unpaired) electrons. The third kappa shape index (κ3) is 4.06. The number of hydrogen-bond donors (Lipinski definition) is 1. The van der Waals surface area contributed by atoms with Crippen molar-refractivity contribution in [2.75, 3.05) is 17.6 Å². The summed E-state index contributed by atoms with van der Waals surface area (Å²) in [7, 11) is -3.18. The van der Waals surface area contributed by atoms with E-state index in [9.17, 15) is 8.42 Å². The Morgan fingerprint density at radius 2 is 1.80 bits per heavy atom. The molecule has 106 valence electrons. The first-order valence-electron chi connectivity index (χ1n) is 6.53. The van der Waals surface area contributed by atoms with Crippen LogP contribution in [-0.4, -0.2) is 25.7 Å². The lowest BCUT2D eigenvalue weighted by Crippen LogP contribution is -2.12. The molecule has 0 atom stereocenters. The lowest BCUT2D eigenvalue weighted by atomic mass is 10.3. The van der Waals surface area contributed by atoms with E-state index in [0.717, 1.165) is 11.5 Å². The molecule has 0 fully saturated rings. The van der Waals surface area contributed by atoms with Gasteiger partial charge >= 0.3 is 0 Å². The zero-order chi connectivity index (χ0) is 14.4. The number of anilines is 1. The zero-order valence-electron chi connectivity index (χ0n) is 11.4. The van der Waals surface area contributed by atoms with Crippen LogP contribution in [0.15, 0.2) is 53.4 Å². The molecule has 0 aliphatic rings. The highest BCUT2D eigenvalue weighted by Crippen LogP contribution is 2.11. The average molecular weight is 290 g/mol. The standard InChI is InChI=1S/C15H18N2O2S/c1-13-7-5-10-15(17-13)16-11-6-12-20(18,19)14-8-3-2-4-9-14/h2-5,7-10H,6,11-12H2,1H3,(H,16,17). The summed E-state index contributed by atoms with van der Waals surface area (Å²) in [4.78, 5) is 4.69. The van der Waals surface area contributed by atoms with Gasteiger partial charge in [-0.25, -0.2) is 13.4 Å². The maximum Gasteiger partial charge on any atom is 0.178 e. The quantitative estimate of drug-likeness (QED) is 0.831. The molecular weight excluding hydrogens is 272 g/mol. The molecule has 0 saturated carbocycles. The fourth-order valence-corrected chi connectivity index (χ4v) is 3.20. The number of pyridine rings is 1. The number of sulfone groups is 1. The maximum absolute atomic E-state index is 12.1. The Kier molecular flexibility index (Phi) is 4.74. The fourth-order valence-electron chi connectivity index (χ4n) is 1.87. The van der Waals surface area contributed by atoms with Crippen LogP contribution in [0.2, 0.25) is 0 Å². The van der Waals surface area contributed by atoms with Gasteiger partial charge in [0.2, 0.25) is 0 Å². The number of rotatable bonds is 6. The third-order valence-corrected chi connectivity index (χ3v) is 4.70. The summed E-state index contributed by atoms with van der Waals surface area (Å²) in [6.07, 6.45) is 0.548. The molecule has 1 aromatic heterocycles. The van der Waals surface area contributed by atoms with Gasteiger partial charge in [-0.2, -0.15) is 0 Å². The first-order valence-corrected chi connectivity index (χ1v) is 8.18. The minimum Gasteiger partial charge on any atom is -0.370 e. The van der Waals surface area contributed by atoms with Crippen LogP contribution in [0, 0.1) is 6.92 Å². The summed E-state index contributed by atoms with van der Waals surface area (Å²) >= 11 is 0. The van der Waals surface area contributed by atoms with Crippen molar-refractivity contribution in [1.29, 1.82) is 0 Å². The Balaban J connectivity index is 1.84. The van der Waals surface area contributed by atoms with E-state index in [1.165, 1.54) is 0 Å². The summed E-state index contributed by atoms with van der Waals surface area (Å²) in [6.45, 7) is 2.51. The SMILES string of the molecule is Cc1cccc(NCCCS(=O)(=O)c2ccccc2)n1. The second-order valence-electron chi connectivity index (χ2n) is 4.58. The predicted molar refractivity (Wildman–Crippen MR) is 80.6 cm³/mol. The summed E-state index contributed by atoms with van der Waals surface area (Å²) in [6, 6.07) is 14.3. The van der Waals surface area contributed by atoms with Gasteiger partial charge in [0.25, 0.3) is 0 Å². The van der Waals surface area contributed by atoms with Gasteiger partial charge in [-0.3, -0.25) is 0 Å². The molecule has 2 rings (SSSR count). The van der Waals surface area contributed by atoms with Crippen molar-refractivity contribution in [2.45, 2.75) is 18.2 Å². The molecule has 0 saturated heterocycles. The number of benzene rings is 1. The number of aryl methyl sites for hydroxylation is 1. The molecule has 0 aliphatic heterocycles. The highest BCUT2D eigenvalue weighted by atomic mass is 32.2. The van der Waals surface area contributed by atoms with Crippen LogP contribution in [-0.2, 0) is 9.84 Å². The van der Waals surface area contributed by atoms with E-state index < -0.39 is 9.84 Å². The van der Waals surface area contributed by atoms with Crippen LogP contribution < -0.4 is 5.32 Å². The van der Waals surface area contributed by atoms with E-state index in [-0.39, 0.29) is 5.75 Å². The second-order valence-corrected chi connectivity index (χ2v) is 6.69. The molecule has 0 bridgehead atoms. The smallest absolute Gasteiger partial charge is 0.178 e. The number of hydrogen-bond acceptors (Lipinski definition) is 4. The lowest BCUT2D eigenvalue weighted by Gasteiger charge is -2.07. The molecule has 5 heteroatoms. The molecule has 0 aliphatic carbocycles. The van der Waals surface area contributed by atoms with Crippen LogP contribution in [0.25, 0.3) is 0 Å². The molecule has 1 aromatic carbocycles. The van der Waals surface area contributed by atoms with Gasteiger partial charge in [0.1, 0.15) is 5.82 Å². The highest BCUT2D eigenvalue weighted by Gasteiger charge is 2.12. The largest absolute Gasteiger partial charge is 0.370 e. The third-order valence-electron chi connectivity index (χ3n) is 2.89. The molecule has 2 aromatic rings. The van der Waals surface area contributed by atoms with Crippen molar-refractivity contribution in [1.82, 2.24) is 4.98 Å². The van der Waals surface area contributed by atoms with Gasteiger partial charge in [0.15, 0.2) is 9.84 Å². The molecule has 1 N–H and O–H groups in total. The summed E-state index contributed by atoms with van der Waals surface area (Å²) < 4.78 is 24.1. The summed E-state index contributed by atoms with van der Waals surface area (Å²) in [5.41, 5.74) is 0.937. The Bertz CT molecular complexity index is 655. The Morgan fingerprint density at radius 3 is 2.50 bits per heavy atom. The van der Waals surface area contributed by atoms with Gasteiger partial charge in [-0.15, -0.1) is 0 Å². The molecule has 0 unspecified atom stereocenters. The first kappa shape index (κ1) is 14.5. The van der Waals surface area contributed by atoms with Gasteiger partial charge in [-0.1, -0.05) is 24.3 Å². The van der Waals surface area contributed by atoms with Gasteiger partial charge in [0, 0.05) is 12.2 Å². The van der Waals surface area contributed by atoms with Gasteiger partial charge < -0.3 is 5.32 Å². The molecule has 20 heavy (non-hydrogen) atoms. The van der Waals surface area contributed by atoms with Gasteiger partial charge in [-0.05, 0) is 37.6 Å². The fraction of sp³-hybridized carbons (Fsp3) is 0.267. The van der Waals surface area contributed by atoms with Crippen molar-refractivity contribution in [3.8, 4) is 0 Å². The Labute approximate surface area is 119 Å². The van der Waals surface area contributed by atoms with E-state index in [1.54, 1.807) is 24.3 Å². The van der Waals surface area contributed by atoms with Crippen LogP contribution in [0.5, 0.6) is 0 Å². The Morgan fingerprint density at radius 1 is 1.05 bits per heavy atom. The first-order chi connectivity index (χ1) is 9.58. The molecule has 0 amide bonds. The monoisotopic (exact) mass is 290 g/mol. The number of nitrogens with one attached hydrogen (secondary N) is 1. The Hall–Kier alpha value is -1.88. The summed E-state index contributed by atoms with van der Waals surface area (Å²) in [5.74, 6) is 0.914.